The molecule has 0 atom stereocenters. The fraction of sp³-hybridized carbons (Fsp3) is 0.0714. The Morgan fingerprint density at radius 2 is 1.79 bits per heavy atom. The lowest BCUT2D eigenvalue weighted by Gasteiger charge is -2.15. The minimum absolute atomic E-state index is 0.473. The van der Waals surface area contributed by atoms with Crippen molar-refractivity contribution < 1.29 is 22.3 Å². The summed E-state index contributed by atoms with van der Waals surface area (Å²) < 4.78 is 54.9. The zero-order chi connectivity index (χ0) is 18.1. The second-order valence-electron chi connectivity index (χ2n) is 4.40. The summed E-state index contributed by atoms with van der Waals surface area (Å²) in [5.74, 6) is -2.33. The third-order valence-corrected chi connectivity index (χ3v) is 2.90. The second kappa shape index (κ2) is 5.93. The van der Waals surface area contributed by atoms with E-state index in [9.17, 15) is 22.4 Å². The van der Waals surface area contributed by atoms with E-state index in [0.717, 1.165) is 0 Å². The SMILES string of the molecule is N#Cc1c(N)[nH]c(=O)c(C#N)c1-c1cc(F)ccc1OC(F)(F)F. The molecule has 0 unspecified atom stereocenters. The second-order valence-corrected chi connectivity index (χ2v) is 4.40. The average molecular weight is 338 g/mol. The van der Waals surface area contributed by atoms with Gasteiger partial charge in [-0.3, -0.25) is 4.79 Å². The van der Waals surface area contributed by atoms with Gasteiger partial charge in [0, 0.05) is 11.1 Å². The van der Waals surface area contributed by atoms with Crippen molar-refractivity contribution in [3.8, 4) is 29.0 Å². The molecule has 0 fully saturated rings. The quantitative estimate of drug-likeness (QED) is 0.816. The summed E-state index contributed by atoms with van der Waals surface area (Å²) in [6.45, 7) is 0. The highest BCUT2D eigenvalue weighted by atomic mass is 19.4. The molecule has 3 N–H and O–H groups in total. The number of aromatic amines is 1. The van der Waals surface area contributed by atoms with Gasteiger partial charge in [-0.25, -0.2) is 4.39 Å². The number of pyridine rings is 1. The maximum atomic E-state index is 13.5. The Morgan fingerprint density at radius 1 is 1.17 bits per heavy atom. The first kappa shape index (κ1) is 16.8. The molecule has 0 aliphatic rings. The highest BCUT2D eigenvalue weighted by Gasteiger charge is 2.33. The number of nitrogens with zero attached hydrogens (tertiary/aromatic N) is 2. The van der Waals surface area contributed by atoms with E-state index in [-0.39, 0.29) is 0 Å². The number of nitrogen functional groups attached to an aromatic ring is 1. The van der Waals surface area contributed by atoms with E-state index >= 15 is 0 Å². The molecule has 0 spiro atoms. The molecule has 0 aliphatic heterocycles. The summed E-state index contributed by atoms with van der Waals surface area (Å²) in [4.78, 5) is 13.8. The van der Waals surface area contributed by atoms with Crippen LogP contribution in [0.3, 0.4) is 0 Å². The van der Waals surface area contributed by atoms with Crippen LogP contribution in [0, 0.1) is 28.5 Å². The van der Waals surface area contributed by atoms with Crippen LogP contribution in [0.4, 0.5) is 23.4 Å². The molecule has 122 valence electrons. The smallest absolute Gasteiger partial charge is 0.405 e. The van der Waals surface area contributed by atoms with Crippen molar-refractivity contribution in [3.05, 3.63) is 45.5 Å². The molecule has 1 aromatic heterocycles. The molecule has 0 saturated carbocycles. The lowest BCUT2D eigenvalue weighted by atomic mass is 9.96. The molecule has 0 saturated heterocycles. The van der Waals surface area contributed by atoms with Crippen LogP contribution in [0.5, 0.6) is 5.75 Å². The van der Waals surface area contributed by atoms with E-state index in [0.29, 0.717) is 18.2 Å². The number of nitrogens with one attached hydrogen (secondary N) is 1. The number of alkyl halides is 3. The summed E-state index contributed by atoms with van der Waals surface area (Å²) in [6.07, 6.45) is -5.11. The Bertz CT molecular complexity index is 951. The molecule has 0 radical (unpaired) electrons. The van der Waals surface area contributed by atoms with Gasteiger partial charge in [0.25, 0.3) is 5.56 Å². The normalized spacial score (nSPS) is 10.8. The van der Waals surface area contributed by atoms with Gasteiger partial charge in [-0.05, 0) is 18.2 Å². The molecule has 0 aliphatic carbocycles. The van der Waals surface area contributed by atoms with Crippen molar-refractivity contribution in [2.24, 2.45) is 0 Å². The number of halogens is 4. The lowest BCUT2D eigenvalue weighted by molar-refractivity contribution is -0.274. The molecule has 24 heavy (non-hydrogen) atoms. The Morgan fingerprint density at radius 3 is 2.33 bits per heavy atom. The first-order chi connectivity index (χ1) is 11.2. The summed E-state index contributed by atoms with van der Waals surface area (Å²) in [7, 11) is 0. The highest BCUT2D eigenvalue weighted by Crippen LogP contribution is 2.38. The van der Waals surface area contributed by atoms with Crippen molar-refractivity contribution in [2.45, 2.75) is 6.36 Å². The molecular weight excluding hydrogens is 332 g/mol. The molecule has 2 rings (SSSR count). The van der Waals surface area contributed by atoms with Gasteiger partial charge in [-0.2, -0.15) is 10.5 Å². The topological polar surface area (TPSA) is 116 Å². The predicted molar refractivity (Wildman–Crippen MR) is 73.0 cm³/mol. The van der Waals surface area contributed by atoms with Gasteiger partial charge < -0.3 is 15.5 Å². The lowest BCUT2D eigenvalue weighted by Crippen LogP contribution is -2.19. The number of H-pyrrole nitrogens is 1. The molecule has 6 nitrogen and oxygen atoms in total. The van der Waals surface area contributed by atoms with Crippen LogP contribution in [0.2, 0.25) is 0 Å². The van der Waals surface area contributed by atoms with E-state index in [4.69, 9.17) is 16.3 Å². The van der Waals surface area contributed by atoms with Crippen LogP contribution in [-0.2, 0) is 0 Å². The minimum Gasteiger partial charge on any atom is -0.405 e. The number of ether oxygens (including phenoxy) is 1. The van der Waals surface area contributed by atoms with Gasteiger partial charge in [0.1, 0.15) is 40.6 Å². The predicted octanol–water partition coefficient (Wildman–Crippen LogP) is 2.41. The third-order valence-electron chi connectivity index (χ3n) is 2.90. The maximum Gasteiger partial charge on any atom is 0.573 e. The number of nitrogens with two attached hydrogens (primary N) is 1. The molecule has 1 heterocycles. The standard InChI is InChI=1S/C14H6F4N4O2/c15-6-1-2-10(24-14(16,17)18)7(3-6)11-8(4-19)12(21)22-13(23)9(11)5-20/h1-3H,(H3,21,22,23). The Labute approximate surface area is 131 Å². The zero-order valence-corrected chi connectivity index (χ0v) is 11.5. The van der Waals surface area contributed by atoms with Crippen LogP contribution in [0.15, 0.2) is 23.0 Å². The zero-order valence-electron chi connectivity index (χ0n) is 11.5. The minimum atomic E-state index is -5.11. The number of aromatic nitrogens is 1. The number of anilines is 1. The van der Waals surface area contributed by atoms with Crippen LogP contribution < -0.4 is 16.0 Å². The van der Waals surface area contributed by atoms with E-state index in [1.165, 1.54) is 6.07 Å². The van der Waals surface area contributed by atoms with Crippen molar-refractivity contribution in [2.75, 3.05) is 5.73 Å². The van der Waals surface area contributed by atoms with Gasteiger partial charge in [0.2, 0.25) is 0 Å². The molecule has 0 amide bonds. The highest BCUT2D eigenvalue weighted by molar-refractivity contribution is 5.83. The first-order valence-electron chi connectivity index (χ1n) is 6.09. The first-order valence-corrected chi connectivity index (χ1v) is 6.09. The summed E-state index contributed by atoms with van der Waals surface area (Å²) in [5, 5.41) is 18.2. The van der Waals surface area contributed by atoms with Gasteiger partial charge in [0.15, 0.2) is 0 Å². The van der Waals surface area contributed by atoms with Crippen molar-refractivity contribution in [1.29, 1.82) is 10.5 Å². The maximum absolute atomic E-state index is 13.5. The van der Waals surface area contributed by atoms with E-state index in [1.54, 1.807) is 6.07 Å². The van der Waals surface area contributed by atoms with E-state index in [2.05, 4.69) is 4.74 Å². The van der Waals surface area contributed by atoms with E-state index < -0.39 is 51.6 Å². The monoisotopic (exact) mass is 338 g/mol. The third kappa shape index (κ3) is 3.13. The fourth-order valence-corrected chi connectivity index (χ4v) is 2.02. The molecule has 10 heteroatoms. The number of hydrogen-bond donors (Lipinski definition) is 2. The molecule has 1 aromatic carbocycles. The number of hydrogen-bond acceptors (Lipinski definition) is 5. The Balaban J connectivity index is 2.92. The van der Waals surface area contributed by atoms with Crippen molar-refractivity contribution in [3.63, 3.8) is 0 Å². The van der Waals surface area contributed by atoms with Crippen LogP contribution in [0.25, 0.3) is 11.1 Å². The van der Waals surface area contributed by atoms with Gasteiger partial charge in [-0.1, -0.05) is 0 Å². The number of rotatable bonds is 2. The van der Waals surface area contributed by atoms with Crippen molar-refractivity contribution >= 4 is 5.82 Å². The molecule has 2 aromatic rings. The Hall–Kier alpha value is -3.53. The average Bonchev–Trinajstić information content (AvgIpc) is 2.47. The van der Waals surface area contributed by atoms with Crippen LogP contribution in [-0.4, -0.2) is 11.3 Å². The van der Waals surface area contributed by atoms with Gasteiger partial charge in [0.05, 0.1) is 0 Å². The van der Waals surface area contributed by atoms with Gasteiger partial charge >= 0.3 is 6.36 Å². The largest absolute Gasteiger partial charge is 0.573 e. The molecule has 0 bridgehead atoms. The summed E-state index contributed by atoms with van der Waals surface area (Å²) >= 11 is 0. The molecular formula is C14H6F4N4O2. The fourth-order valence-electron chi connectivity index (χ4n) is 2.02. The number of nitriles is 2. The summed E-state index contributed by atoms with van der Waals surface area (Å²) in [6, 6.07) is 5.00. The van der Waals surface area contributed by atoms with E-state index in [1.807, 2.05) is 4.98 Å². The van der Waals surface area contributed by atoms with Crippen LogP contribution in [0.1, 0.15) is 11.1 Å². The van der Waals surface area contributed by atoms with Crippen LogP contribution >= 0.6 is 0 Å². The van der Waals surface area contributed by atoms with Gasteiger partial charge in [-0.15, -0.1) is 13.2 Å². The van der Waals surface area contributed by atoms with Crippen molar-refractivity contribution in [1.82, 2.24) is 4.98 Å². The number of benzene rings is 1. The summed E-state index contributed by atoms with van der Waals surface area (Å²) in [5.41, 5.74) is 2.11. The Kier molecular flexibility index (Phi) is 4.16.